The highest BCUT2D eigenvalue weighted by Gasteiger charge is 2.47. The summed E-state index contributed by atoms with van der Waals surface area (Å²) in [4.78, 5) is 12.7. The third kappa shape index (κ3) is 2.71. The second-order valence-electron chi connectivity index (χ2n) is 7.25. The molecule has 0 amide bonds. The molecule has 2 N–H and O–H groups in total. The number of esters is 1. The zero-order chi connectivity index (χ0) is 18.3. The molecule has 0 radical (unpaired) electrons. The second-order valence-corrected chi connectivity index (χ2v) is 7.65. The smallest absolute Gasteiger partial charge is 0.341 e. The largest absolute Gasteiger partial charge is 0.449 e. The van der Waals surface area contributed by atoms with Crippen molar-refractivity contribution in [3.05, 3.63) is 64.3 Å². The average molecular weight is 368 g/mol. The van der Waals surface area contributed by atoms with Crippen LogP contribution < -0.4 is 5.73 Å². The first kappa shape index (κ1) is 17.2. The molecule has 1 fully saturated rings. The highest BCUT2D eigenvalue weighted by Crippen LogP contribution is 2.45. The van der Waals surface area contributed by atoms with E-state index in [2.05, 4.69) is 0 Å². The van der Waals surface area contributed by atoms with Gasteiger partial charge in [0.15, 0.2) is 5.60 Å². The second kappa shape index (κ2) is 6.48. The summed E-state index contributed by atoms with van der Waals surface area (Å²) in [5.41, 5.74) is 10.7. The van der Waals surface area contributed by atoms with E-state index in [9.17, 15) is 4.79 Å². The van der Waals surface area contributed by atoms with E-state index in [1.54, 1.807) is 0 Å². The van der Waals surface area contributed by atoms with Crippen molar-refractivity contribution in [3.63, 3.8) is 0 Å². The number of benzene rings is 2. The molecule has 0 unspecified atom stereocenters. The predicted molar refractivity (Wildman–Crippen MR) is 105 cm³/mol. The van der Waals surface area contributed by atoms with Crippen LogP contribution in [0.2, 0.25) is 5.02 Å². The Hall–Kier alpha value is -2.26. The summed E-state index contributed by atoms with van der Waals surface area (Å²) < 4.78 is 5.80. The van der Waals surface area contributed by atoms with E-state index in [1.165, 1.54) is 6.42 Å². The van der Waals surface area contributed by atoms with Crippen LogP contribution in [0.5, 0.6) is 0 Å². The van der Waals surface area contributed by atoms with E-state index in [4.69, 9.17) is 22.1 Å². The molecule has 2 aromatic carbocycles. The van der Waals surface area contributed by atoms with E-state index >= 15 is 0 Å². The van der Waals surface area contributed by atoms with Crippen molar-refractivity contribution in [2.24, 2.45) is 5.73 Å². The number of aryl methyl sites for hydroxylation is 1. The molecular weight excluding hydrogens is 346 g/mol. The highest BCUT2D eigenvalue weighted by molar-refractivity contribution is 6.34. The van der Waals surface area contributed by atoms with Gasteiger partial charge in [-0.1, -0.05) is 48.4 Å². The van der Waals surface area contributed by atoms with Crippen LogP contribution in [0, 0.1) is 6.92 Å². The van der Waals surface area contributed by atoms with Gasteiger partial charge in [0.05, 0.1) is 11.3 Å². The van der Waals surface area contributed by atoms with Gasteiger partial charge in [0.25, 0.3) is 0 Å². The predicted octanol–water partition coefficient (Wildman–Crippen LogP) is 5.24. The Labute approximate surface area is 158 Å². The lowest BCUT2D eigenvalue weighted by molar-refractivity contribution is -0.147. The van der Waals surface area contributed by atoms with Crippen molar-refractivity contribution in [2.45, 2.75) is 44.6 Å². The van der Waals surface area contributed by atoms with Crippen LogP contribution in [0.15, 0.2) is 48.2 Å². The fourth-order valence-corrected chi connectivity index (χ4v) is 4.43. The quantitative estimate of drug-likeness (QED) is 0.738. The van der Waals surface area contributed by atoms with Gasteiger partial charge in [-0.05, 0) is 61.4 Å². The first-order chi connectivity index (χ1) is 12.5. The third-order valence-electron chi connectivity index (χ3n) is 5.58. The number of hydrogen-bond donors (Lipinski definition) is 1. The molecule has 0 atom stereocenters. The number of carbonyl (C=O) groups excluding carboxylic acids is 1. The Balaban J connectivity index is 1.81. The van der Waals surface area contributed by atoms with Crippen LogP contribution in [-0.4, -0.2) is 11.6 Å². The molecule has 4 rings (SSSR count). The summed E-state index contributed by atoms with van der Waals surface area (Å²) in [6, 6.07) is 13.9. The van der Waals surface area contributed by atoms with Gasteiger partial charge < -0.3 is 10.5 Å². The summed E-state index contributed by atoms with van der Waals surface area (Å²) in [5, 5.41) is 0.606. The Bertz CT molecular complexity index is 896. The van der Waals surface area contributed by atoms with E-state index < -0.39 is 5.60 Å². The number of ether oxygens (including phenoxy) is 1. The SMILES string of the molecule is Cc1cc(-c2ccccc2)c(Cl)cc1C1=C(N)C2(CCCCC2)OC1=O. The fraction of sp³-hybridized carbons (Fsp3) is 0.318. The lowest BCUT2D eigenvalue weighted by Crippen LogP contribution is -2.37. The Morgan fingerprint density at radius 1 is 1.04 bits per heavy atom. The maximum atomic E-state index is 12.7. The summed E-state index contributed by atoms with van der Waals surface area (Å²) in [6.07, 6.45) is 4.85. The average Bonchev–Trinajstić information content (AvgIpc) is 2.88. The molecule has 0 bridgehead atoms. The molecule has 2 aromatic rings. The summed E-state index contributed by atoms with van der Waals surface area (Å²) in [6.45, 7) is 1.98. The fourth-order valence-electron chi connectivity index (χ4n) is 4.16. The number of nitrogens with two attached hydrogens (primary N) is 1. The van der Waals surface area contributed by atoms with Crippen LogP contribution in [0.25, 0.3) is 16.7 Å². The van der Waals surface area contributed by atoms with Gasteiger partial charge in [-0.15, -0.1) is 0 Å². The molecule has 3 nitrogen and oxygen atoms in total. The minimum absolute atomic E-state index is 0.323. The molecule has 0 aromatic heterocycles. The standard InChI is InChI=1S/C22H22ClNO2/c1-14-12-17(15-8-4-2-5-9-15)18(23)13-16(14)19-20(24)22(26-21(19)25)10-6-3-7-11-22/h2,4-5,8-9,12-13H,3,6-7,10-11,24H2,1H3. The van der Waals surface area contributed by atoms with Gasteiger partial charge in [0.2, 0.25) is 0 Å². The van der Waals surface area contributed by atoms with E-state index in [-0.39, 0.29) is 5.97 Å². The summed E-state index contributed by atoms with van der Waals surface area (Å²) >= 11 is 6.57. The summed E-state index contributed by atoms with van der Waals surface area (Å²) in [7, 11) is 0. The van der Waals surface area contributed by atoms with Gasteiger partial charge in [0, 0.05) is 10.6 Å². The van der Waals surface area contributed by atoms with Gasteiger partial charge >= 0.3 is 5.97 Å². The minimum Gasteiger partial charge on any atom is -0.449 e. The van der Waals surface area contributed by atoms with Gasteiger partial charge in [-0.25, -0.2) is 4.79 Å². The van der Waals surface area contributed by atoms with Crippen LogP contribution in [0.3, 0.4) is 0 Å². The zero-order valence-electron chi connectivity index (χ0n) is 14.8. The molecule has 134 valence electrons. The van der Waals surface area contributed by atoms with Gasteiger partial charge in [0.1, 0.15) is 0 Å². The van der Waals surface area contributed by atoms with Crippen molar-refractivity contribution >= 4 is 23.1 Å². The number of hydrogen-bond acceptors (Lipinski definition) is 3. The Morgan fingerprint density at radius 3 is 2.42 bits per heavy atom. The molecule has 1 aliphatic carbocycles. The van der Waals surface area contributed by atoms with Crippen molar-refractivity contribution in [3.8, 4) is 11.1 Å². The number of rotatable bonds is 2. The number of halogens is 1. The Kier molecular flexibility index (Phi) is 4.28. The molecule has 1 spiro atoms. The first-order valence-electron chi connectivity index (χ1n) is 9.11. The molecule has 2 aliphatic rings. The van der Waals surface area contributed by atoms with Crippen molar-refractivity contribution in [1.82, 2.24) is 0 Å². The third-order valence-corrected chi connectivity index (χ3v) is 5.89. The Morgan fingerprint density at radius 2 is 1.73 bits per heavy atom. The normalized spacial score (nSPS) is 19.1. The van der Waals surface area contributed by atoms with E-state index in [0.29, 0.717) is 16.3 Å². The maximum Gasteiger partial charge on any atom is 0.341 e. The lowest BCUT2D eigenvalue weighted by Gasteiger charge is -2.32. The lowest BCUT2D eigenvalue weighted by atomic mass is 9.81. The monoisotopic (exact) mass is 367 g/mol. The highest BCUT2D eigenvalue weighted by atomic mass is 35.5. The minimum atomic E-state index is -0.609. The zero-order valence-corrected chi connectivity index (χ0v) is 15.6. The molecule has 1 heterocycles. The van der Waals surface area contributed by atoms with Crippen molar-refractivity contribution in [1.29, 1.82) is 0 Å². The molecule has 0 saturated heterocycles. The first-order valence-corrected chi connectivity index (χ1v) is 9.49. The maximum absolute atomic E-state index is 12.7. The molecule has 1 aliphatic heterocycles. The van der Waals surface area contributed by atoms with E-state index in [1.807, 2.05) is 49.4 Å². The topological polar surface area (TPSA) is 52.3 Å². The summed E-state index contributed by atoms with van der Waals surface area (Å²) in [5.74, 6) is -0.323. The van der Waals surface area contributed by atoms with Gasteiger partial charge in [-0.3, -0.25) is 0 Å². The molecule has 1 saturated carbocycles. The number of carbonyl (C=O) groups is 1. The van der Waals surface area contributed by atoms with Crippen LogP contribution in [0.4, 0.5) is 0 Å². The van der Waals surface area contributed by atoms with Crippen LogP contribution in [-0.2, 0) is 9.53 Å². The molecule has 4 heteroatoms. The van der Waals surface area contributed by atoms with Gasteiger partial charge in [-0.2, -0.15) is 0 Å². The van der Waals surface area contributed by atoms with Crippen molar-refractivity contribution < 1.29 is 9.53 Å². The van der Waals surface area contributed by atoms with E-state index in [0.717, 1.165) is 47.9 Å². The van der Waals surface area contributed by atoms with Crippen LogP contribution >= 0.6 is 11.6 Å². The van der Waals surface area contributed by atoms with Crippen molar-refractivity contribution in [2.75, 3.05) is 0 Å². The molecular formula is C22H22ClNO2. The molecule has 26 heavy (non-hydrogen) atoms. The van der Waals surface area contributed by atoms with Crippen LogP contribution in [0.1, 0.15) is 43.2 Å².